The van der Waals surface area contributed by atoms with Crippen molar-refractivity contribution in [2.24, 2.45) is 0 Å². The van der Waals surface area contributed by atoms with Crippen molar-refractivity contribution < 1.29 is 10.2 Å². The molecular formula is C22H30O2P2. The molecule has 0 heterocycles. The van der Waals surface area contributed by atoms with Gasteiger partial charge >= 0.3 is 0 Å². The maximum atomic E-state index is 10.4. The van der Waals surface area contributed by atoms with E-state index in [0.717, 1.165) is 23.5 Å². The first-order valence-corrected chi connectivity index (χ1v) is 9.90. The first-order valence-electron chi connectivity index (χ1n) is 8.75. The van der Waals surface area contributed by atoms with Crippen LogP contribution in [-0.2, 0) is 16.2 Å². The second kappa shape index (κ2) is 5.70. The minimum atomic E-state index is -0.105. The summed E-state index contributed by atoms with van der Waals surface area (Å²) >= 11 is 0. The summed E-state index contributed by atoms with van der Waals surface area (Å²) in [6.07, 6.45) is 2.02. The van der Waals surface area contributed by atoms with Crippen LogP contribution < -0.4 is 10.6 Å². The van der Waals surface area contributed by atoms with E-state index in [2.05, 4.69) is 58.3 Å². The van der Waals surface area contributed by atoms with Gasteiger partial charge < -0.3 is 10.2 Å². The fourth-order valence-corrected chi connectivity index (χ4v) is 5.91. The Balaban J connectivity index is 0.00000196. The summed E-state index contributed by atoms with van der Waals surface area (Å²) in [5.74, 6) is 0.687. The van der Waals surface area contributed by atoms with E-state index in [-0.39, 0.29) is 23.7 Å². The van der Waals surface area contributed by atoms with Gasteiger partial charge in [0.15, 0.2) is 0 Å². The van der Waals surface area contributed by atoms with Crippen LogP contribution in [0.25, 0.3) is 0 Å². The molecule has 2 nitrogen and oxygen atoms in total. The van der Waals surface area contributed by atoms with E-state index >= 15 is 0 Å². The van der Waals surface area contributed by atoms with Crippen molar-refractivity contribution in [2.75, 3.05) is 0 Å². The molecule has 3 atom stereocenters. The van der Waals surface area contributed by atoms with Crippen LogP contribution in [0.5, 0.6) is 11.5 Å². The van der Waals surface area contributed by atoms with E-state index in [1.54, 1.807) is 0 Å². The Morgan fingerprint density at radius 1 is 0.692 bits per heavy atom. The van der Waals surface area contributed by atoms with Crippen LogP contribution in [0, 0.1) is 0 Å². The van der Waals surface area contributed by atoms with Crippen molar-refractivity contribution >= 4 is 29.1 Å². The Kier molecular flexibility index (Phi) is 4.31. The first-order chi connectivity index (χ1) is 11.5. The van der Waals surface area contributed by atoms with Crippen LogP contribution in [0.2, 0.25) is 0 Å². The highest BCUT2D eigenvalue weighted by molar-refractivity contribution is 7.28. The summed E-state index contributed by atoms with van der Waals surface area (Å²) in [5.41, 5.74) is 5.05. The number of fused-ring (bicyclic) bond motifs is 4. The van der Waals surface area contributed by atoms with Gasteiger partial charge in [0.1, 0.15) is 11.5 Å². The van der Waals surface area contributed by atoms with E-state index in [1.165, 1.54) is 22.3 Å². The molecule has 26 heavy (non-hydrogen) atoms. The number of aromatic hydroxyl groups is 2. The highest BCUT2D eigenvalue weighted by atomic mass is 31.0. The lowest BCUT2D eigenvalue weighted by Gasteiger charge is -2.30. The highest BCUT2D eigenvalue weighted by Crippen LogP contribution is 2.63. The van der Waals surface area contributed by atoms with Gasteiger partial charge in [-0.3, -0.25) is 0 Å². The monoisotopic (exact) mass is 388 g/mol. The third kappa shape index (κ3) is 2.45. The lowest BCUT2D eigenvalue weighted by atomic mass is 9.72. The van der Waals surface area contributed by atoms with Crippen molar-refractivity contribution in [3.63, 3.8) is 0 Å². The fourth-order valence-electron chi connectivity index (χ4n) is 5.41. The predicted octanol–water partition coefficient (Wildman–Crippen LogP) is 4.38. The van der Waals surface area contributed by atoms with Crippen LogP contribution in [0.4, 0.5) is 0 Å². The molecule has 0 aliphatic heterocycles. The van der Waals surface area contributed by atoms with Gasteiger partial charge in [-0.25, -0.2) is 0 Å². The third-order valence-corrected chi connectivity index (χ3v) is 7.24. The van der Waals surface area contributed by atoms with Crippen molar-refractivity contribution in [3.8, 4) is 11.5 Å². The maximum absolute atomic E-state index is 10.4. The number of phenols is 2. The van der Waals surface area contributed by atoms with Crippen molar-refractivity contribution in [2.45, 2.75) is 64.2 Å². The Morgan fingerprint density at radius 2 is 1.04 bits per heavy atom. The van der Waals surface area contributed by atoms with Gasteiger partial charge in [-0.2, -0.15) is 0 Å². The van der Waals surface area contributed by atoms with Gasteiger partial charge in [0.2, 0.25) is 0 Å². The summed E-state index contributed by atoms with van der Waals surface area (Å²) in [6.45, 7) is 9.12. The molecule has 0 saturated heterocycles. The average molecular weight is 388 g/mol. The lowest BCUT2D eigenvalue weighted by molar-refractivity contribution is 0.349. The molecule has 2 N–H and O–H groups in total. The average Bonchev–Trinajstić information content (AvgIpc) is 2.82. The van der Waals surface area contributed by atoms with Gasteiger partial charge in [0.05, 0.1) is 0 Å². The molecule has 0 fully saturated rings. The van der Waals surface area contributed by atoms with Crippen molar-refractivity contribution in [1.82, 2.24) is 0 Å². The van der Waals surface area contributed by atoms with E-state index in [0.29, 0.717) is 11.5 Å². The van der Waals surface area contributed by atoms with Crippen LogP contribution in [0.1, 0.15) is 70.2 Å². The molecule has 0 saturated carbocycles. The zero-order valence-corrected chi connectivity index (χ0v) is 17.6. The highest BCUT2D eigenvalue weighted by Gasteiger charge is 2.56. The van der Waals surface area contributed by atoms with Gasteiger partial charge in [-0.15, -0.1) is 18.5 Å². The number of hydrogen-bond donors (Lipinski definition) is 2. The normalized spacial score (nSPS) is 24.2. The minimum absolute atomic E-state index is 0. The summed E-state index contributed by atoms with van der Waals surface area (Å²) in [7, 11) is 5.30. The van der Waals surface area contributed by atoms with Gasteiger partial charge in [0.25, 0.3) is 0 Å². The maximum Gasteiger partial charge on any atom is 0.123 e. The zero-order valence-electron chi connectivity index (χ0n) is 15.3. The summed E-state index contributed by atoms with van der Waals surface area (Å²) < 4.78 is 0. The molecule has 2 aliphatic rings. The quantitative estimate of drug-likeness (QED) is 0.658. The number of hydrogen-bond acceptors (Lipinski definition) is 2. The number of benzene rings is 2. The Labute approximate surface area is 161 Å². The van der Waals surface area contributed by atoms with E-state index in [1.807, 2.05) is 12.1 Å². The standard InChI is InChI=1S/C21H26O2P2.CH4/c1-19(2)9-21(14-8-18(25)15(22)5-11(14)19)10-20(3,4)12-7-17(24)16(23)6-13(12)21;/h5-8,22-23H,9-10,24-25H2,1-4H3;1H4. The Bertz CT molecular complexity index is 837. The second-order valence-corrected chi connectivity index (χ2v) is 10.4. The Hall–Kier alpha value is -1.10. The van der Waals surface area contributed by atoms with Crippen molar-refractivity contribution in [3.05, 3.63) is 46.5 Å². The molecule has 0 amide bonds. The first kappa shape index (κ1) is 19.7. The Morgan fingerprint density at radius 3 is 1.54 bits per heavy atom. The summed E-state index contributed by atoms with van der Waals surface area (Å²) in [4.78, 5) is 0. The zero-order chi connectivity index (χ0) is 18.4. The molecule has 0 radical (unpaired) electrons. The molecule has 4 rings (SSSR count). The lowest BCUT2D eigenvalue weighted by Crippen LogP contribution is -2.27. The van der Waals surface area contributed by atoms with Crippen LogP contribution >= 0.6 is 18.5 Å². The topological polar surface area (TPSA) is 40.5 Å². The van der Waals surface area contributed by atoms with E-state index in [4.69, 9.17) is 0 Å². The fraction of sp³-hybridized carbons (Fsp3) is 0.455. The van der Waals surface area contributed by atoms with E-state index < -0.39 is 0 Å². The van der Waals surface area contributed by atoms with Crippen LogP contribution in [-0.4, -0.2) is 10.2 Å². The molecule has 2 aromatic carbocycles. The molecule has 140 valence electrons. The van der Waals surface area contributed by atoms with Gasteiger partial charge in [-0.05, 0) is 70.2 Å². The number of phenolic OH excluding ortho intramolecular Hbond substituents is 2. The van der Waals surface area contributed by atoms with Gasteiger partial charge in [0, 0.05) is 16.0 Å². The largest absolute Gasteiger partial charge is 0.507 e. The van der Waals surface area contributed by atoms with Crippen molar-refractivity contribution in [1.29, 1.82) is 0 Å². The molecule has 0 aromatic heterocycles. The predicted molar refractivity (Wildman–Crippen MR) is 118 cm³/mol. The molecule has 2 aliphatic carbocycles. The molecule has 2 aromatic rings. The van der Waals surface area contributed by atoms with Crippen LogP contribution in [0.15, 0.2) is 24.3 Å². The number of rotatable bonds is 0. The SMILES string of the molecule is C.CC1(C)CC2(CC(C)(C)c3cc(O)c(P)cc32)c2cc(O)c(P)cc21. The molecule has 3 unspecified atom stereocenters. The third-order valence-electron chi connectivity index (χ3n) is 6.31. The smallest absolute Gasteiger partial charge is 0.123 e. The van der Waals surface area contributed by atoms with Gasteiger partial charge in [-0.1, -0.05) is 35.1 Å². The summed E-state index contributed by atoms with van der Waals surface area (Å²) in [5, 5.41) is 22.4. The van der Waals surface area contributed by atoms with E-state index in [9.17, 15) is 10.2 Å². The summed E-state index contributed by atoms with van der Waals surface area (Å²) in [6, 6.07) is 8.20. The molecule has 4 heteroatoms. The second-order valence-electron chi connectivity index (χ2n) is 9.12. The molecular weight excluding hydrogens is 358 g/mol. The minimum Gasteiger partial charge on any atom is -0.507 e. The molecule has 1 spiro atoms. The van der Waals surface area contributed by atoms with Crippen LogP contribution in [0.3, 0.4) is 0 Å². The molecule has 0 bridgehead atoms.